The van der Waals surface area contributed by atoms with Crippen LogP contribution in [0, 0.1) is 0 Å². The SMILES string of the molecule is CC(C)(C)OC(=O)N1CCC[C@H]1CCCNS(=O)(=O)c1ccc2ccccc2c1. The van der Waals surface area contributed by atoms with Gasteiger partial charge in [0, 0.05) is 19.1 Å². The van der Waals surface area contributed by atoms with Crippen molar-refractivity contribution >= 4 is 26.9 Å². The molecule has 1 saturated heterocycles. The van der Waals surface area contributed by atoms with Crippen LogP contribution >= 0.6 is 0 Å². The van der Waals surface area contributed by atoms with Crippen molar-refractivity contribution in [1.82, 2.24) is 9.62 Å². The molecule has 7 heteroatoms. The van der Waals surface area contributed by atoms with Gasteiger partial charge in [0.05, 0.1) is 4.90 Å². The number of sulfonamides is 1. The molecule has 1 N–H and O–H groups in total. The maximum absolute atomic E-state index is 12.6. The van der Waals surface area contributed by atoms with E-state index in [2.05, 4.69) is 4.72 Å². The molecule has 0 spiro atoms. The molecule has 3 rings (SSSR count). The van der Waals surface area contributed by atoms with Gasteiger partial charge in [0.1, 0.15) is 5.60 Å². The summed E-state index contributed by atoms with van der Waals surface area (Å²) in [6.45, 7) is 6.61. The van der Waals surface area contributed by atoms with Crippen molar-refractivity contribution in [2.45, 2.75) is 63.0 Å². The molecule has 1 amide bonds. The molecule has 2 aromatic carbocycles. The molecule has 1 fully saturated rings. The molecule has 1 heterocycles. The van der Waals surface area contributed by atoms with Crippen molar-refractivity contribution in [3.8, 4) is 0 Å². The van der Waals surface area contributed by atoms with E-state index >= 15 is 0 Å². The van der Waals surface area contributed by atoms with Gasteiger partial charge in [-0.2, -0.15) is 0 Å². The summed E-state index contributed by atoms with van der Waals surface area (Å²) in [6, 6.07) is 12.9. The molecule has 29 heavy (non-hydrogen) atoms. The fourth-order valence-electron chi connectivity index (χ4n) is 3.66. The van der Waals surface area contributed by atoms with Crippen LogP contribution in [0.1, 0.15) is 46.5 Å². The lowest BCUT2D eigenvalue weighted by Gasteiger charge is -2.28. The van der Waals surface area contributed by atoms with Crippen LogP contribution in [0.2, 0.25) is 0 Å². The zero-order valence-electron chi connectivity index (χ0n) is 17.3. The average molecular weight is 419 g/mol. The summed E-state index contributed by atoms with van der Waals surface area (Å²) in [4.78, 5) is 14.4. The van der Waals surface area contributed by atoms with Gasteiger partial charge in [-0.3, -0.25) is 0 Å². The first-order valence-corrected chi connectivity index (χ1v) is 11.6. The Morgan fingerprint density at radius 2 is 1.90 bits per heavy atom. The van der Waals surface area contributed by atoms with E-state index in [1.165, 1.54) is 0 Å². The molecule has 1 aliphatic rings. The molecule has 1 atom stereocenters. The van der Waals surface area contributed by atoms with E-state index in [1.807, 2.05) is 51.1 Å². The Balaban J connectivity index is 1.53. The molecule has 158 valence electrons. The van der Waals surface area contributed by atoms with Crippen LogP contribution in [-0.2, 0) is 14.8 Å². The Morgan fingerprint density at radius 1 is 1.17 bits per heavy atom. The number of rotatable bonds is 6. The first kappa shape index (κ1) is 21.6. The number of likely N-dealkylation sites (tertiary alicyclic amines) is 1. The summed E-state index contributed by atoms with van der Waals surface area (Å²) >= 11 is 0. The number of fused-ring (bicyclic) bond motifs is 1. The van der Waals surface area contributed by atoms with E-state index in [-0.39, 0.29) is 17.0 Å². The van der Waals surface area contributed by atoms with Crippen LogP contribution in [0.15, 0.2) is 47.4 Å². The number of carbonyl (C=O) groups excluding carboxylic acids is 1. The van der Waals surface area contributed by atoms with E-state index in [0.717, 1.165) is 30.0 Å². The van der Waals surface area contributed by atoms with E-state index in [1.54, 1.807) is 17.0 Å². The van der Waals surface area contributed by atoms with Crippen LogP contribution in [0.3, 0.4) is 0 Å². The summed E-state index contributed by atoms with van der Waals surface area (Å²) in [7, 11) is -3.56. The number of amides is 1. The largest absolute Gasteiger partial charge is 0.444 e. The maximum atomic E-state index is 12.6. The zero-order chi connectivity index (χ0) is 21.1. The monoisotopic (exact) mass is 418 g/mol. The van der Waals surface area contributed by atoms with Crippen molar-refractivity contribution in [1.29, 1.82) is 0 Å². The zero-order valence-corrected chi connectivity index (χ0v) is 18.2. The third-order valence-corrected chi connectivity index (χ3v) is 6.50. The lowest BCUT2D eigenvalue weighted by Crippen LogP contribution is -2.40. The van der Waals surface area contributed by atoms with Gasteiger partial charge in [0.25, 0.3) is 0 Å². The third-order valence-electron chi connectivity index (χ3n) is 5.04. The minimum Gasteiger partial charge on any atom is -0.444 e. The second-order valence-corrected chi connectivity index (χ2v) is 10.3. The summed E-state index contributed by atoms with van der Waals surface area (Å²) in [6.07, 6.45) is 3.01. The molecule has 0 aromatic heterocycles. The molecule has 0 unspecified atom stereocenters. The second-order valence-electron chi connectivity index (χ2n) is 8.52. The van der Waals surface area contributed by atoms with Crippen LogP contribution in [0.25, 0.3) is 10.8 Å². The van der Waals surface area contributed by atoms with Gasteiger partial charge in [-0.1, -0.05) is 30.3 Å². The first-order valence-electron chi connectivity index (χ1n) is 10.1. The summed E-state index contributed by atoms with van der Waals surface area (Å²) in [5.41, 5.74) is -0.514. The van der Waals surface area contributed by atoms with Crippen molar-refractivity contribution in [3.05, 3.63) is 42.5 Å². The molecule has 0 radical (unpaired) electrons. The highest BCUT2D eigenvalue weighted by Gasteiger charge is 2.31. The summed E-state index contributed by atoms with van der Waals surface area (Å²) in [5, 5.41) is 1.91. The fraction of sp³-hybridized carbons (Fsp3) is 0.500. The standard InChI is InChI=1S/C22H30N2O4S/c1-22(2,3)28-21(25)24-15-7-11-19(24)10-6-14-23-29(26,27)20-13-12-17-8-4-5-9-18(17)16-20/h4-5,8-9,12-13,16,19,23H,6-7,10-11,14-15H2,1-3H3/t19-/m1/s1. The molecule has 0 aliphatic carbocycles. The quantitative estimate of drug-likeness (QED) is 0.710. The Hall–Kier alpha value is -2.12. The number of ether oxygens (including phenoxy) is 1. The van der Waals surface area contributed by atoms with Gasteiger partial charge in [0.15, 0.2) is 0 Å². The average Bonchev–Trinajstić information content (AvgIpc) is 3.12. The lowest BCUT2D eigenvalue weighted by atomic mass is 10.1. The topological polar surface area (TPSA) is 75.7 Å². The molecule has 6 nitrogen and oxygen atoms in total. The van der Waals surface area contributed by atoms with Gasteiger partial charge in [-0.15, -0.1) is 0 Å². The third kappa shape index (κ3) is 5.70. The van der Waals surface area contributed by atoms with Crippen LogP contribution in [0.5, 0.6) is 0 Å². The fourth-order valence-corrected chi connectivity index (χ4v) is 4.77. The molecular weight excluding hydrogens is 388 g/mol. The Kier molecular flexibility index (Phi) is 6.49. The van der Waals surface area contributed by atoms with Crippen LogP contribution in [0.4, 0.5) is 4.79 Å². The highest BCUT2D eigenvalue weighted by atomic mass is 32.2. The predicted octanol–water partition coefficient (Wildman–Crippen LogP) is 4.30. The van der Waals surface area contributed by atoms with E-state index in [4.69, 9.17) is 4.74 Å². The number of hydrogen-bond donors (Lipinski definition) is 1. The Bertz CT molecular complexity index is 966. The number of carbonyl (C=O) groups is 1. The number of hydrogen-bond acceptors (Lipinski definition) is 4. The van der Waals surface area contributed by atoms with Gasteiger partial charge in [-0.25, -0.2) is 17.9 Å². The summed E-state index contributed by atoms with van der Waals surface area (Å²) < 4.78 is 33.4. The smallest absolute Gasteiger partial charge is 0.410 e. The van der Waals surface area contributed by atoms with Crippen molar-refractivity contribution in [2.24, 2.45) is 0 Å². The van der Waals surface area contributed by atoms with E-state index in [9.17, 15) is 13.2 Å². The van der Waals surface area contributed by atoms with Gasteiger partial charge < -0.3 is 9.64 Å². The van der Waals surface area contributed by atoms with Gasteiger partial charge in [0.2, 0.25) is 10.0 Å². The predicted molar refractivity (Wildman–Crippen MR) is 114 cm³/mol. The number of nitrogens with one attached hydrogen (secondary N) is 1. The number of benzene rings is 2. The number of nitrogens with zero attached hydrogens (tertiary/aromatic N) is 1. The summed E-state index contributed by atoms with van der Waals surface area (Å²) in [5.74, 6) is 0. The van der Waals surface area contributed by atoms with Crippen LogP contribution in [-0.4, -0.2) is 44.1 Å². The maximum Gasteiger partial charge on any atom is 0.410 e. The lowest BCUT2D eigenvalue weighted by molar-refractivity contribution is 0.0219. The minimum atomic E-state index is -3.56. The Labute approximate surface area is 173 Å². The van der Waals surface area contributed by atoms with Crippen molar-refractivity contribution in [2.75, 3.05) is 13.1 Å². The first-order chi connectivity index (χ1) is 13.7. The minimum absolute atomic E-state index is 0.107. The Morgan fingerprint density at radius 3 is 2.62 bits per heavy atom. The van der Waals surface area contributed by atoms with E-state index < -0.39 is 15.6 Å². The molecular formula is C22H30N2O4S. The molecule has 0 bridgehead atoms. The molecule has 2 aromatic rings. The highest BCUT2D eigenvalue weighted by molar-refractivity contribution is 7.89. The van der Waals surface area contributed by atoms with Gasteiger partial charge in [-0.05, 0) is 69.4 Å². The second kappa shape index (κ2) is 8.71. The normalized spacial score (nSPS) is 17.6. The molecule has 0 saturated carbocycles. The highest BCUT2D eigenvalue weighted by Crippen LogP contribution is 2.24. The van der Waals surface area contributed by atoms with Crippen LogP contribution < -0.4 is 4.72 Å². The molecule has 1 aliphatic heterocycles. The van der Waals surface area contributed by atoms with Crippen molar-refractivity contribution in [3.63, 3.8) is 0 Å². The van der Waals surface area contributed by atoms with E-state index in [0.29, 0.717) is 19.5 Å². The van der Waals surface area contributed by atoms with Gasteiger partial charge >= 0.3 is 6.09 Å². The van der Waals surface area contributed by atoms with Crippen molar-refractivity contribution < 1.29 is 17.9 Å².